The van der Waals surface area contributed by atoms with E-state index in [4.69, 9.17) is 9.47 Å². The fourth-order valence-corrected chi connectivity index (χ4v) is 2.19. The second-order valence-corrected chi connectivity index (χ2v) is 4.75. The van der Waals surface area contributed by atoms with Crippen LogP contribution in [0.1, 0.15) is 39.5 Å². The summed E-state index contributed by atoms with van der Waals surface area (Å²) in [6.45, 7) is 5.90. The zero-order valence-electron chi connectivity index (χ0n) is 11.2. The van der Waals surface area contributed by atoms with Gasteiger partial charge in [-0.25, -0.2) is 0 Å². The van der Waals surface area contributed by atoms with Gasteiger partial charge in [0.1, 0.15) is 6.04 Å². The molecule has 0 spiro atoms. The van der Waals surface area contributed by atoms with Gasteiger partial charge in [0.05, 0.1) is 13.2 Å². The molecule has 3 atom stereocenters. The standard InChI is InChI=1S/C13H25NO3/c1-4-5-6-12(13(15)16-3)14-9-11-7-8-17-10(11)2/h10-12,14H,4-9H2,1-3H3. The molecule has 1 N–H and O–H groups in total. The molecule has 1 heterocycles. The summed E-state index contributed by atoms with van der Waals surface area (Å²) < 4.78 is 10.3. The van der Waals surface area contributed by atoms with Gasteiger partial charge in [-0.3, -0.25) is 4.79 Å². The van der Waals surface area contributed by atoms with Crippen LogP contribution in [-0.4, -0.2) is 38.4 Å². The van der Waals surface area contributed by atoms with Gasteiger partial charge in [-0.1, -0.05) is 19.8 Å². The Morgan fingerprint density at radius 3 is 2.88 bits per heavy atom. The van der Waals surface area contributed by atoms with Crippen LogP contribution >= 0.6 is 0 Å². The lowest BCUT2D eigenvalue weighted by Gasteiger charge is -2.20. The van der Waals surface area contributed by atoms with Gasteiger partial charge in [-0.15, -0.1) is 0 Å². The number of ether oxygens (including phenoxy) is 2. The fraction of sp³-hybridized carbons (Fsp3) is 0.923. The van der Waals surface area contributed by atoms with Crippen LogP contribution in [0.5, 0.6) is 0 Å². The van der Waals surface area contributed by atoms with Crippen molar-refractivity contribution in [2.45, 2.75) is 51.7 Å². The lowest BCUT2D eigenvalue weighted by atomic mass is 10.0. The van der Waals surface area contributed by atoms with Crippen molar-refractivity contribution in [3.63, 3.8) is 0 Å². The topological polar surface area (TPSA) is 47.6 Å². The largest absolute Gasteiger partial charge is 0.468 e. The Hall–Kier alpha value is -0.610. The first-order chi connectivity index (χ1) is 8.19. The lowest BCUT2D eigenvalue weighted by Crippen LogP contribution is -2.41. The highest BCUT2D eigenvalue weighted by molar-refractivity contribution is 5.75. The van der Waals surface area contributed by atoms with E-state index in [1.807, 2.05) is 0 Å². The minimum absolute atomic E-state index is 0.148. The van der Waals surface area contributed by atoms with Crippen molar-refractivity contribution in [2.75, 3.05) is 20.3 Å². The van der Waals surface area contributed by atoms with Gasteiger partial charge >= 0.3 is 5.97 Å². The van der Waals surface area contributed by atoms with E-state index >= 15 is 0 Å². The van der Waals surface area contributed by atoms with Crippen molar-refractivity contribution in [1.82, 2.24) is 5.32 Å². The van der Waals surface area contributed by atoms with Gasteiger partial charge in [0.25, 0.3) is 0 Å². The maximum Gasteiger partial charge on any atom is 0.322 e. The molecule has 0 aromatic rings. The fourth-order valence-electron chi connectivity index (χ4n) is 2.19. The van der Waals surface area contributed by atoms with E-state index in [2.05, 4.69) is 19.2 Å². The number of carbonyl (C=O) groups is 1. The van der Waals surface area contributed by atoms with Crippen LogP contribution in [0.15, 0.2) is 0 Å². The summed E-state index contributed by atoms with van der Waals surface area (Å²) in [5.74, 6) is 0.369. The Kier molecular flexibility index (Phi) is 6.52. The Morgan fingerprint density at radius 2 is 2.35 bits per heavy atom. The molecule has 1 saturated heterocycles. The molecular formula is C13H25NO3. The summed E-state index contributed by atoms with van der Waals surface area (Å²) in [7, 11) is 1.45. The molecule has 0 aliphatic carbocycles. The lowest BCUT2D eigenvalue weighted by molar-refractivity contribution is -0.143. The molecule has 100 valence electrons. The van der Waals surface area contributed by atoms with Crippen molar-refractivity contribution >= 4 is 5.97 Å². The minimum Gasteiger partial charge on any atom is -0.468 e. The molecular weight excluding hydrogens is 218 g/mol. The van der Waals surface area contributed by atoms with Crippen LogP contribution < -0.4 is 5.32 Å². The summed E-state index contributed by atoms with van der Waals surface area (Å²) >= 11 is 0. The molecule has 1 rings (SSSR count). The second kappa shape index (κ2) is 7.67. The number of methoxy groups -OCH3 is 1. The first-order valence-corrected chi connectivity index (χ1v) is 6.61. The van der Waals surface area contributed by atoms with Crippen LogP contribution in [0.3, 0.4) is 0 Å². The van der Waals surface area contributed by atoms with Crippen LogP contribution in [0.4, 0.5) is 0 Å². The molecule has 0 bridgehead atoms. The first kappa shape index (κ1) is 14.5. The molecule has 0 aromatic carbocycles. The van der Waals surface area contributed by atoms with Gasteiger partial charge in [-0.2, -0.15) is 0 Å². The number of hydrogen-bond donors (Lipinski definition) is 1. The van der Waals surface area contributed by atoms with Gasteiger partial charge in [0, 0.05) is 13.2 Å². The van der Waals surface area contributed by atoms with E-state index in [1.165, 1.54) is 7.11 Å². The Balaban J connectivity index is 2.34. The summed E-state index contributed by atoms with van der Waals surface area (Å²) in [6.07, 6.45) is 4.37. The number of nitrogens with one attached hydrogen (secondary N) is 1. The number of rotatable bonds is 7. The van der Waals surface area contributed by atoms with E-state index < -0.39 is 0 Å². The highest BCUT2D eigenvalue weighted by Gasteiger charge is 2.26. The van der Waals surface area contributed by atoms with Crippen molar-refractivity contribution in [3.05, 3.63) is 0 Å². The number of hydrogen-bond acceptors (Lipinski definition) is 4. The number of esters is 1. The first-order valence-electron chi connectivity index (χ1n) is 6.61. The average molecular weight is 243 g/mol. The molecule has 0 aromatic heterocycles. The van der Waals surface area contributed by atoms with Crippen molar-refractivity contribution in [1.29, 1.82) is 0 Å². The monoisotopic (exact) mass is 243 g/mol. The molecule has 17 heavy (non-hydrogen) atoms. The maximum atomic E-state index is 11.6. The predicted molar refractivity (Wildman–Crippen MR) is 66.9 cm³/mol. The smallest absolute Gasteiger partial charge is 0.322 e. The summed E-state index contributed by atoms with van der Waals surface area (Å²) in [5, 5.41) is 3.32. The van der Waals surface area contributed by atoms with Crippen LogP contribution in [0.25, 0.3) is 0 Å². The van der Waals surface area contributed by atoms with Gasteiger partial charge in [0.15, 0.2) is 0 Å². The molecule has 0 radical (unpaired) electrons. The Morgan fingerprint density at radius 1 is 1.59 bits per heavy atom. The average Bonchev–Trinajstić information content (AvgIpc) is 2.74. The third kappa shape index (κ3) is 4.64. The molecule has 1 aliphatic heterocycles. The van der Waals surface area contributed by atoms with E-state index in [1.54, 1.807) is 0 Å². The van der Waals surface area contributed by atoms with E-state index in [-0.39, 0.29) is 12.0 Å². The molecule has 4 nitrogen and oxygen atoms in total. The van der Waals surface area contributed by atoms with Crippen LogP contribution in [-0.2, 0) is 14.3 Å². The molecule has 0 amide bonds. The van der Waals surface area contributed by atoms with E-state index in [9.17, 15) is 4.79 Å². The Labute approximate surface area is 104 Å². The summed E-state index contributed by atoms with van der Waals surface area (Å²) in [6, 6.07) is -0.159. The van der Waals surface area contributed by atoms with Crippen molar-refractivity contribution in [2.24, 2.45) is 5.92 Å². The van der Waals surface area contributed by atoms with Crippen LogP contribution in [0, 0.1) is 5.92 Å². The minimum atomic E-state index is -0.159. The van der Waals surface area contributed by atoms with Gasteiger partial charge in [-0.05, 0) is 25.7 Å². The quantitative estimate of drug-likeness (QED) is 0.692. The molecule has 1 aliphatic rings. The van der Waals surface area contributed by atoms with Crippen molar-refractivity contribution in [3.8, 4) is 0 Å². The predicted octanol–water partition coefficient (Wildman–Crippen LogP) is 1.73. The third-order valence-electron chi connectivity index (χ3n) is 3.49. The third-order valence-corrected chi connectivity index (χ3v) is 3.49. The number of carbonyl (C=O) groups excluding carboxylic acids is 1. The highest BCUT2D eigenvalue weighted by Crippen LogP contribution is 2.19. The Bertz CT molecular complexity index is 233. The second-order valence-electron chi connectivity index (χ2n) is 4.75. The normalized spacial score (nSPS) is 25.8. The van der Waals surface area contributed by atoms with E-state index in [0.29, 0.717) is 12.0 Å². The molecule has 3 unspecified atom stereocenters. The molecule has 1 fully saturated rings. The summed E-state index contributed by atoms with van der Waals surface area (Å²) in [4.78, 5) is 11.6. The summed E-state index contributed by atoms with van der Waals surface area (Å²) in [5.41, 5.74) is 0. The zero-order chi connectivity index (χ0) is 12.7. The van der Waals surface area contributed by atoms with Gasteiger partial charge in [0.2, 0.25) is 0 Å². The van der Waals surface area contributed by atoms with Crippen LogP contribution in [0.2, 0.25) is 0 Å². The highest BCUT2D eigenvalue weighted by atomic mass is 16.5. The van der Waals surface area contributed by atoms with E-state index in [0.717, 1.165) is 38.8 Å². The molecule has 0 saturated carbocycles. The molecule has 4 heteroatoms. The zero-order valence-corrected chi connectivity index (χ0v) is 11.2. The van der Waals surface area contributed by atoms with Crippen molar-refractivity contribution < 1.29 is 14.3 Å². The number of unbranched alkanes of at least 4 members (excludes halogenated alkanes) is 1. The SMILES string of the molecule is CCCCC(NCC1CCOC1C)C(=O)OC. The maximum absolute atomic E-state index is 11.6. The van der Waals surface area contributed by atoms with Gasteiger partial charge < -0.3 is 14.8 Å².